The summed E-state index contributed by atoms with van der Waals surface area (Å²) in [4.78, 5) is 0. The largest absolute Gasteiger partial charge is 0.378 e. The molecule has 1 heterocycles. The van der Waals surface area contributed by atoms with E-state index in [1.165, 1.54) is 12.1 Å². The smallest absolute Gasteiger partial charge is 0.144 e. The SMILES string of the molecule is Fc1ccc(Br)c(F)c1CNC1COC1. The van der Waals surface area contributed by atoms with Gasteiger partial charge in [0.15, 0.2) is 0 Å². The Kier molecular flexibility index (Phi) is 3.33. The maximum absolute atomic E-state index is 13.5. The molecule has 0 amide bonds. The molecular weight excluding hydrogens is 268 g/mol. The average molecular weight is 278 g/mol. The van der Waals surface area contributed by atoms with Crippen molar-refractivity contribution >= 4 is 15.9 Å². The summed E-state index contributed by atoms with van der Waals surface area (Å²) >= 11 is 3.02. The van der Waals surface area contributed by atoms with Crippen molar-refractivity contribution in [2.75, 3.05) is 13.2 Å². The zero-order chi connectivity index (χ0) is 10.8. The molecular formula is C10H10BrF2NO. The maximum atomic E-state index is 13.5. The number of hydrogen-bond donors (Lipinski definition) is 1. The Balaban J connectivity index is 2.08. The third-order valence-electron chi connectivity index (χ3n) is 2.34. The number of ether oxygens (including phenoxy) is 1. The number of rotatable bonds is 3. The van der Waals surface area contributed by atoms with Crippen LogP contribution in [0.15, 0.2) is 16.6 Å². The van der Waals surface area contributed by atoms with E-state index in [-0.39, 0.29) is 22.6 Å². The van der Waals surface area contributed by atoms with Crippen LogP contribution >= 0.6 is 15.9 Å². The van der Waals surface area contributed by atoms with Gasteiger partial charge in [-0.25, -0.2) is 8.78 Å². The highest BCUT2D eigenvalue weighted by Crippen LogP contribution is 2.21. The summed E-state index contributed by atoms with van der Waals surface area (Å²) in [6, 6.07) is 2.82. The molecule has 1 fully saturated rings. The Morgan fingerprint density at radius 3 is 2.73 bits per heavy atom. The molecule has 0 radical (unpaired) electrons. The Bertz CT molecular complexity index is 369. The van der Waals surface area contributed by atoms with Crippen LogP contribution in [0.25, 0.3) is 0 Å². The van der Waals surface area contributed by atoms with Gasteiger partial charge < -0.3 is 10.1 Å². The first-order valence-electron chi connectivity index (χ1n) is 4.62. The van der Waals surface area contributed by atoms with Gasteiger partial charge in [0.2, 0.25) is 0 Å². The van der Waals surface area contributed by atoms with Crippen LogP contribution in [-0.4, -0.2) is 19.3 Å². The van der Waals surface area contributed by atoms with E-state index in [0.717, 1.165) is 0 Å². The molecule has 1 aromatic carbocycles. The quantitative estimate of drug-likeness (QED) is 0.856. The van der Waals surface area contributed by atoms with Gasteiger partial charge in [0.1, 0.15) is 11.6 Å². The molecule has 0 atom stereocenters. The lowest BCUT2D eigenvalue weighted by Gasteiger charge is -2.27. The van der Waals surface area contributed by atoms with E-state index in [2.05, 4.69) is 21.2 Å². The van der Waals surface area contributed by atoms with Crippen molar-refractivity contribution in [2.45, 2.75) is 12.6 Å². The first-order valence-corrected chi connectivity index (χ1v) is 5.41. The van der Waals surface area contributed by atoms with E-state index in [4.69, 9.17) is 4.74 Å². The van der Waals surface area contributed by atoms with Gasteiger partial charge in [-0.1, -0.05) is 0 Å². The van der Waals surface area contributed by atoms with Crippen LogP contribution in [0.2, 0.25) is 0 Å². The van der Waals surface area contributed by atoms with Gasteiger partial charge in [-0.15, -0.1) is 0 Å². The van der Waals surface area contributed by atoms with E-state index in [1.54, 1.807) is 0 Å². The van der Waals surface area contributed by atoms with Crippen LogP contribution in [0, 0.1) is 11.6 Å². The Labute approximate surface area is 94.7 Å². The molecule has 1 saturated heterocycles. The second-order valence-corrected chi connectivity index (χ2v) is 4.29. The molecule has 1 N–H and O–H groups in total. The maximum Gasteiger partial charge on any atom is 0.144 e. The molecule has 0 spiro atoms. The lowest BCUT2D eigenvalue weighted by Crippen LogP contribution is -2.45. The summed E-state index contributed by atoms with van der Waals surface area (Å²) in [5, 5.41) is 3.02. The predicted molar refractivity (Wildman–Crippen MR) is 55.5 cm³/mol. The lowest BCUT2D eigenvalue weighted by atomic mass is 10.1. The number of halogens is 3. The summed E-state index contributed by atoms with van der Waals surface area (Å²) in [6.07, 6.45) is 0. The highest BCUT2D eigenvalue weighted by atomic mass is 79.9. The Hall–Kier alpha value is -0.520. The minimum Gasteiger partial charge on any atom is -0.378 e. The number of hydrogen-bond acceptors (Lipinski definition) is 2. The third kappa shape index (κ3) is 2.35. The molecule has 0 bridgehead atoms. The van der Waals surface area contributed by atoms with Crippen molar-refractivity contribution in [1.82, 2.24) is 5.32 Å². The van der Waals surface area contributed by atoms with Crippen molar-refractivity contribution in [3.63, 3.8) is 0 Å². The second-order valence-electron chi connectivity index (χ2n) is 3.44. The topological polar surface area (TPSA) is 21.3 Å². The summed E-state index contributed by atoms with van der Waals surface area (Å²) < 4.78 is 32.0. The fourth-order valence-corrected chi connectivity index (χ4v) is 1.70. The van der Waals surface area contributed by atoms with Crippen LogP contribution in [0.3, 0.4) is 0 Å². The fraction of sp³-hybridized carbons (Fsp3) is 0.400. The van der Waals surface area contributed by atoms with Crippen LogP contribution < -0.4 is 5.32 Å². The third-order valence-corrected chi connectivity index (χ3v) is 2.96. The molecule has 82 valence electrons. The van der Waals surface area contributed by atoms with Crippen LogP contribution in [0.5, 0.6) is 0 Å². The minimum absolute atomic E-state index is 0.0660. The zero-order valence-electron chi connectivity index (χ0n) is 7.90. The number of benzene rings is 1. The highest BCUT2D eigenvalue weighted by molar-refractivity contribution is 9.10. The van der Waals surface area contributed by atoms with E-state index in [0.29, 0.717) is 13.2 Å². The van der Waals surface area contributed by atoms with Gasteiger partial charge in [0.05, 0.1) is 23.7 Å². The molecule has 0 aliphatic carbocycles. The van der Waals surface area contributed by atoms with Crippen LogP contribution in [0.4, 0.5) is 8.78 Å². The van der Waals surface area contributed by atoms with Gasteiger partial charge in [-0.05, 0) is 28.1 Å². The molecule has 15 heavy (non-hydrogen) atoms. The fourth-order valence-electron chi connectivity index (χ4n) is 1.33. The average Bonchev–Trinajstić information content (AvgIpc) is 2.15. The van der Waals surface area contributed by atoms with E-state index in [1.807, 2.05) is 0 Å². The second kappa shape index (κ2) is 4.55. The molecule has 0 unspecified atom stereocenters. The lowest BCUT2D eigenvalue weighted by molar-refractivity contribution is -0.00600. The van der Waals surface area contributed by atoms with Gasteiger partial charge in [0.25, 0.3) is 0 Å². The molecule has 1 aliphatic rings. The van der Waals surface area contributed by atoms with Gasteiger partial charge in [-0.2, -0.15) is 0 Å². The van der Waals surface area contributed by atoms with E-state index >= 15 is 0 Å². The molecule has 2 rings (SSSR count). The monoisotopic (exact) mass is 277 g/mol. The summed E-state index contributed by atoms with van der Waals surface area (Å²) in [5.41, 5.74) is 0.0660. The molecule has 1 aromatic rings. The highest BCUT2D eigenvalue weighted by Gasteiger charge is 2.19. The molecule has 5 heteroatoms. The molecule has 2 nitrogen and oxygen atoms in total. The minimum atomic E-state index is -0.539. The Morgan fingerprint density at radius 2 is 2.13 bits per heavy atom. The molecule has 0 aromatic heterocycles. The molecule has 0 saturated carbocycles. The van der Waals surface area contributed by atoms with E-state index < -0.39 is 11.6 Å². The molecule has 1 aliphatic heterocycles. The number of nitrogens with one attached hydrogen (secondary N) is 1. The summed E-state index contributed by atoms with van der Waals surface area (Å²) in [7, 11) is 0. The van der Waals surface area contributed by atoms with Crippen molar-refractivity contribution in [3.05, 3.63) is 33.8 Å². The first-order chi connectivity index (χ1) is 7.18. The first kappa shape index (κ1) is 11.0. The van der Waals surface area contributed by atoms with Crippen molar-refractivity contribution in [3.8, 4) is 0 Å². The summed E-state index contributed by atoms with van der Waals surface area (Å²) in [5.74, 6) is -1.06. The van der Waals surface area contributed by atoms with Crippen molar-refractivity contribution in [2.24, 2.45) is 0 Å². The zero-order valence-corrected chi connectivity index (χ0v) is 9.48. The van der Waals surface area contributed by atoms with Gasteiger partial charge >= 0.3 is 0 Å². The predicted octanol–water partition coefficient (Wildman–Crippen LogP) is 2.22. The van der Waals surface area contributed by atoms with Gasteiger partial charge in [0, 0.05) is 12.1 Å². The summed E-state index contributed by atoms with van der Waals surface area (Å²) in [6.45, 7) is 1.40. The van der Waals surface area contributed by atoms with E-state index in [9.17, 15) is 8.78 Å². The Morgan fingerprint density at radius 1 is 1.40 bits per heavy atom. The normalized spacial score (nSPS) is 16.5. The van der Waals surface area contributed by atoms with Crippen molar-refractivity contribution in [1.29, 1.82) is 0 Å². The van der Waals surface area contributed by atoms with Crippen LogP contribution in [0.1, 0.15) is 5.56 Å². The van der Waals surface area contributed by atoms with Crippen LogP contribution in [-0.2, 0) is 11.3 Å². The van der Waals surface area contributed by atoms with Crippen molar-refractivity contribution < 1.29 is 13.5 Å². The van der Waals surface area contributed by atoms with Gasteiger partial charge in [-0.3, -0.25) is 0 Å². The standard InChI is InChI=1S/C10H10BrF2NO/c11-8-1-2-9(12)7(10(8)13)3-14-6-4-15-5-6/h1-2,6,14H,3-5H2.